The van der Waals surface area contributed by atoms with Gasteiger partial charge in [0.05, 0.1) is 19.8 Å². The van der Waals surface area contributed by atoms with Crippen LogP contribution >= 0.6 is 0 Å². The van der Waals surface area contributed by atoms with Crippen molar-refractivity contribution >= 4 is 11.9 Å². The van der Waals surface area contributed by atoms with Gasteiger partial charge in [0.15, 0.2) is 18.7 Å². The monoisotopic (exact) mass is 963 g/mol. The Morgan fingerprint density at radius 2 is 0.761 bits per heavy atom. The summed E-state index contributed by atoms with van der Waals surface area (Å²) in [6, 6.07) is 0. The van der Waals surface area contributed by atoms with E-state index in [-0.39, 0.29) is 26.1 Å². The van der Waals surface area contributed by atoms with Crippen molar-refractivity contribution in [1.82, 2.24) is 0 Å². The zero-order valence-corrected chi connectivity index (χ0v) is 41.9. The fourth-order valence-corrected chi connectivity index (χ4v) is 8.87. The molecule has 0 spiro atoms. The predicted molar refractivity (Wildman–Crippen MR) is 257 cm³/mol. The van der Waals surface area contributed by atoms with Crippen LogP contribution in [-0.2, 0) is 38.0 Å². The molecular formula is C52H98O15. The number of carbonyl (C=O) groups excluding carboxylic acids is 2. The Bertz CT molecular complexity index is 1180. The van der Waals surface area contributed by atoms with Crippen molar-refractivity contribution in [3.8, 4) is 0 Å². The van der Waals surface area contributed by atoms with Crippen LogP contribution in [-0.4, -0.2) is 142 Å². The minimum Gasteiger partial charge on any atom is -0.462 e. The highest BCUT2D eigenvalue weighted by Crippen LogP contribution is 2.27. The van der Waals surface area contributed by atoms with Crippen molar-refractivity contribution in [3.05, 3.63) is 0 Å². The van der Waals surface area contributed by atoms with Crippen LogP contribution < -0.4 is 0 Å². The Morgan fingerprint density at radius 3 is 1.16 bits per heavy atom. The van der Waals surface area contributed by atoms with Crippen LogP contribution in [0.2, 0.25) is 0 Å². The highest BCUT2D eigenvalue weighted by molar-refractivity contribution is 5.70. The van der Waals surface area contributed by atoms with E-state index in [1.165, 1.54) is 148 Å². The molecule has 0 aromatic heterocycles. The van der Waals surface area contributed by atoms with Gasteiger partial charge < -0.3 is 64.2 Å². The van der Waals surface area contributed by atoms with Gasteiger partial charge in [0, 0.05) is 12.8 Å². The van der Waals surface area contributed by atoms with Crippen LogP contribution in [0.5, 0.6) is 0 Å². The lowest BCUT2D eigenvalue weighted by Crippen LogP contribution is -2.61. The third-order valence-corrected chi connectivity index (χ3v) is 13.3. The quantitative estimate of drug-likeness (QED) is 0.0227. The molecule has 0 bridgehead atoms. The van der Waals surface area contributed by atoms with Crippen LogP contribution in [0.15, 0.2) is 0 Å². The van der Waals surface area contributed by atoms with E-state index in [2.05, 4.69) is 13.8 Å². The van der Waals surface area contributed by atoms with E-state index < -0.39 is 92.7 Å². The van der Waals surface area contributed by atoms with E-state index in [1.807, 2.05) is 0 Å². The summed E-state index contributed by atoms with van der Waals surface area (Å²) >= 11 is 0. The van der Waals surface area contributed by atoms with E-state index in [0.29, 0.717) is 12.8 Å². The minimum atomic E-state index is -1.76. The van der Waals surface area contributed by atoms with E-state index in [9.17, 15) is 45.3 Å². The summed E-state index contributed by atoms with van der Waals surface area (Å²) in [5.74, 6) is -0.907. The second-order valence-electron chi connectivity index (χ2n) is 19.4. The molecule has 67 heavy (non-hydrogen) atoms. The lowest BCUT2D eigenvalue weighted by atomic mass is 9.98. The van der Waals surface area contributed by atoms with Gasteiger partial charge in [-0.3, -0.25) is 9.59 Å². The summed E-state index contributed by atoms with van der Waals surface area (Å²) < 4.78 is 33.6. The van der Waals surface area contributed by atoms with Crippen LogP contribution in [0.3, 0.4) is 0 Å². The van der Waals surface area contributed by atoms with Crippen molar-refractivity contribution in [2.75, 3.05) is 26.4 Å². The standard InChI is InChI=1S/C52H98O15/c1-3-5-7-9-11-13-15-17-19-20-21-23-24-26-28-30-32-34-43(54)62-37-40(65-44(55)35-33-31-29-27-25-22-18-16-14-12-10-8-6-4-2)38-63-51-50(61)48(59)46(57)42(67-51)39-64-52-49(60)47(58)45(56)41(36-53)66-52/h40-42,45-53,56-61H,3-39H2,1-2H3/t40?,41-,42-,45+,46+,47+,48+,49-,50-,51-,52+/m1/s1. The lowest BCUT2D eigenvalue weighted by molar-refractivity contribution is -0.332. The van der Waals surface area contributed by atoms with E-state index in [1.54, 1.807) is 0 Å². The number of unbranched alkanes of at least 4 members (excludes halogenated alkanes) is 29. The Morgan fingerprint density at radius 1 is 0.418 bits per heavy atom. The number of aliphatic hydroxyl groups is 7. The molecule has 0 radical (unpaired) electrons. The maximum Gasteiger partial charge on any atom is 0.306 e. The van der Waals surface area contributed by atoms with Gasteiger partial charge in [-0.1, -0.05) is 200 Å². The highest BCUT2D eigenvalue weighted by atomic mass is 16.7. The fourth-order valence-electron chi connectivity index (χ4n) is 8.87. The minimum absolute atomic E-state index is 0.173. The molecule has 15 heteroatoms. The predicted octanol–water partition coefficient (Wildman–Crippen LogP) is 8.00. The molecule has 2 aliphatic rings. The van der Waals surface area contributed by atoms with Crippen molar-refractivity contribution in [2.45, 2.75) is 293 Å². The molecule has 0 aromatic carbocycles. The molecule has 11 atom stereocenters. The van der Waals surface area contributed by atoms with Crippen LogP contribution in [0, 0.1) is 0 Å². The molecular weight excluding hydrogens is 865 g/mol. The largest absolute Gasteiger partial charge is 0.462 e. The molecule has 2 aliphatic heterocycles. The molecule has 2 fully saturated rings. The molecule has 0 aliphatic carbocycles. The number of aliphatic hydroxyl groups excluding tert-OH is 7. The third-order valence-electron chi connectivity index (χ3n) is 13.3. The molecule has 2 rings (SSSR count). The summed E-state index contributed by atoms with van der Waals surface area (Å²) in [4.78, 5) is 25.8. The summed E-state index contributed by atoms with van der Waals surface area (Å²) in [5.41, 5.74) is 0. The Labute approximate surface area is 404 Å². The maximum atomic E-state index is 13.0. The fraction of sp³-hybridized carbons (Fsp3) is 0.962. The molecule has 0 aromatic rings. The van der Waals surface area contributed by atoms with E-state index >= 15 is 0 Å². The van der Waals surface area contributed by atoms with Crippen molar-refractivity contribution in [3.63, 3.8) is 0 Å². The smallest absolute Gasteiger partial charge is 0.306 e. The molecule has 2 heterocycles. The zero-order chi connectivity index (χ0) is 48.9. The molecule has 7 N–H and O–H groups in total. The number of carbonyl (C=O) groups is 2. The topological polar surface area (TPSA) is 231 Å². The Hall–Kier alpha value is -1.50. The average molecular weight is 963 g/mol. The number of hydrogen-bond acceptors (Lipinski definition) is 15. The molecule has 396 valence electrons. The second-order valence-corrected chi connectivity index (χ2v) is 19.4. The van der Waals surface area contributed by atoms with Gasteiger partial charge in [0.2, 0.25) is 0 Å². The van der Waals surface area contributed by atoms with E-state index in [0.717, 1.165) is 38.5 Å². The zero-order valence-electron chi connectivity index (χ0n) is 41.9. The van der Waals surface area contributed by atoms with Crippen molar-refractivity contribution in [1.29, 1.82) is 0 Å². The molecule has 0 amide bonds. The molecule has 1 unspecified atom stereocenters. The first-order chi connectivity index (χ1) is 32.5. The van der Waals surface area contributed by atoms with Gasteiger partial charge >= 0.3 is 11.9 Å². The Kier molecular flexibility index (Phi) is 36.9. The van der Waals surface area contributed by atoms with Crippen LogP contribution in [0.4, 0.5) is 0 Å². The Balaban J connectivity index is 1.78. The van der Waals surface area contributed by atoms with Gasteiger partial charge in [-0.15, -0.1) is 0 Å². The summed E-state index contributed by atoms with van der Waals surface area (Å²) in [5, 5.41) is 72.1. The van der Waals surface area contributed by atoms with Gasteiger partial charge in [0.1, 0.15) is 55.4 Å². The first kappa shape index (κ1) is 61.6. The van der Waals surface area contributed by atoms with Gasteiger partial charge in [-0.2, -0.15) is 0 Å². The number of ether oxygens (including phenoxy) is 6. The maximum absolute atomic E-state index is 13.0. The van der Waals surface area contributed by atoms with Crippen LogP contribution in [0.25, 0.3) is 0 Å². The number of esters is 2. The van der Waals surface area contributed by atoms with Crippen molar-refractivity contribution in [2.24, 2.45) is 0 Å². The molecule has 2 saturated heterocycles. The number of hydrogen-bond donors (Lipinski definition) is 7. The third kappa shape index (κ3) is 28.2. The van der Waals surface area contributed by atoms with E-state index in [4.69, 9.17) is 28.4 Å². The molecule has 15 nitrogen and oxygen atoms in total. The summed E-state index contributed by atoms with van der Waals surface area (Å²) in [7, 11) is 0. The normalized spacial score (nSPS) is 25.9. The highest BCUT2D eigenvalue weighted by Gasteiger charge is 2.47. The first-order valence-electron chi connectivity index (χ1n) is 27.1. The van der Waals surface area contributed by atoms with Crippen LogP contribution in [0.1, 0.15) is 226 Å². The summed E-state index contributed by atoms with van der Waals surface area (Å²) in [6.07, 6.45) is 21.2. The second kappa shape index (κ2) is 40.1. The lowest BCUT2D eigenvalue weighted by Gasteiger charge is -2.42. The average Bonchev–Trinajstić information content (AvgIpc) is 3.32. The summed E-state index contributed by atoms with van der Waals surface area (Å²) in [6.45, 7) is 2.63. The van der Waals surface area contributed by atoms with Gasteiger partial charge in [-0.05, 0) is 12.8 Å². The molecule has 0 saturated carbocycles. The first-order valence-corrected chi connectivity index (χ1v) is 27.1. The van der Waals surface area contributed by atoms with Gasteiger partial charge in [0.25, 0.3) is 0 Å². The SMILES string of the molecule is CCCCCCCCCCCCCCCCCCCC(=O)OCC(CO[C@@H]1O[C@H](CO[C@H]2O[C@H](CO)[C@H](O)[C@H](O)[C@H]2O)[C@H](O)[C@H](O)[C@H]1O)OC(=O)CCCCCCCCCCCCCCCC. The van der Waals surface area contributed by atoms with Gasteiger partial charge in [-0.25, -0.2) is 0 Å². The number of rotatable bonds is 43. The van der Waals surface area contributed by atoms with Crippen molar-refractivity contribution < 1.29 is 73.8 Å².